The molecule has 3 nitrogen and oxygen atoms in total. The summed E-state index contributed by atoms with van der Waals surface area (Å²) in [6.45, 7) is 0.908. The summed E-state index contributed by atoms with van der Waals surface area (Å²) in [4.78, 5) is 0. The molecule has 0 aromatic rings. The first kappa shape index (κ1) is 11.4. The van der Waals surface area contributed by atoms with E-state index in [9.17, 15) is 5.11 Å². The van der Waals surface area contributed by atoms with Crippen LogP contribution in [0, 0.1) is 0 Å². The van der Waals surface area contributed by atoms with Crippen molar-refractivity contribution >= 4 is 0 Å². The monoisotopic (exact) mass is 213 g/mol. The molecule has 2 rings (SSSR count). The molecule has 0 saturated heterocycles. The molecular weight excluding hydrogens is 190 g/mol. The van der Waals surface area contributed by atoms with Crippen LogP contribution in [0.1, 0.15) is 44.9 Å². The van der Waals surface area contributed by atoms with E-state index in [1.807, 2.05) is 0 Å². The molecular formula is C12H23NO2. The Kier molecular flexibility index (Phi) is 3.65. The summed E-state index contributed by atoms with van der Waals surface area (Å²) in [6.07, 6.45) is 7.96. The predicted molar refractivity (Wildman–Crippen MR) is 59.9 cm³/mol. The number of aliphatic hydroxyl groups is 1. The second-order valence-corrected chi connectivity index (χ2v) is 5.08. The van der Waals surface area contributed by atoms with E-state index in [1.165, 1.54) is 32.1 Å². The van der Waals surface area contributed by atoms with Gasteiger partial charge in [-0.3, -0.25) is 0 Å². The molecule has 0 aromatic heterocycles. The van der Waals surface area contributed by atoms with Gasteiger partial charge >= 0.3 is 0 Å². The predicted octanol–water partition coefficient (Wildman–Crippen LogP) is 1.45. The van der Waals surface area contributed by atoms with Crippen molar-refractivity contribution in [2.24, 2.45) is 0 Å². The molecule has 2 N–H and O–H groups in total. The molecule has 0 unspecified atom stereocenters. The van der Waals surface area contributed by atoms with E-state index in [-0.39, 0.29) is 11.7 Å². The van der Waals surface area contributed by atoms with Crippen molar-refractivity contribution in [1.82, 2.24) is 5.32 Å². The third kappa shape index (κ3) is 2.52. The van der Waals surface area contributed by atoms with Gasteiger partial charge in [0.15, 0.2) is 0 Å². The van der Waals surface area contributed by atoms with E-state index in [1.54, 1.807) is 7.11 Å². The zero-order valence-electron chi connectivity index (χ0n) is 9.67. The van der Waals surface area contributed by atoms with Crippen LogP contribution >= 0.6 is 0 Å². The lowest BCUT2D eigenvalue weighted by Gasteiger charge is -2.42. The van der Waals surface area contributed by atoms with Gasteiger partial charge in [0, 0.05) is 19.7 Å². The molecule has 2 fully saturated rings. The van der Waals surface area contributed by atoms with Gasteiger partial charge < -0.3 is 15.2 Å². The highest BCUT2D eigenvalue weighted by atomic mass is 16.5. The van der Waals surface area contributed by atoms with Gasteiger partial charge in [-0.2, -0.15) is 0 Å². The molecule has 0 bridgehead atoms. The van der Waals surface area contributed by atoms with Crippen LogP contribution in [0.3, 0.4) is 0 Å². The van der Waals surface area contributed by atoms with E-state index in [0.717, 1.165) is 19.4 Å². The van der Waals surface area contributed by atoms with E-state index >= 15 is 0 Å². The third-order valence-electron chi connectivity index (χ3n) is 4.11. The van der Waals surface area contributed by atoms with Crippen LogP contribution in [0.25, 0.3) is 0 Å². The lowest BCUT2D eigenvalue weighted by Crippen LogP contribution is -2.53. The maximum Gasteiger partial charge on any atom is 0.0802 e. The van der Waals surface area contributed by atoms with Crippen LogP contribution in [0.5, 0.6) is 0 Å². The number of aliphatic hydroxyl groups excluding tert-OH is 1. The van der Waals surface area contributed by atoms with Gasteiger partial charge in [-0.15, -0.1) is 0 Å². The van der Waals surface area contributed by atoms with Gasteiger partial charge in [0.1, 0.15) is 0 Å². The van der Waals surface area contributed by atoms with Gasteiger partial charge in [-0.05, 0) is 32.1 Å². The average Bonchev–Trinajstić information content (AvgIpc) is 2.19. The van der Waals surface area contributed by atoms with Crippen molar-refractivity contribution < 1.29 is 9.84 Å². The molecule has 2 saturated carbocycles. The smallest absolute Gasteiger partial charge is 0.0802 e. The van der Waals surface area contributed by atoms with E-state index in [2.05, 4.69) is 5.32 Å². The first-order valence-corrected chi connectivity index (χ1v) is 6.22. The number of ether oxygens (including phenoxy) is 1. The molecule has 0 radical (unpaired) electrons. The minimum atomic E-state index is -0.146. The fraction of sp³-hybridized carbons (Fsp3) is 1.00. The number of rotatable bonds is 4. The van der Waals surface area contributed by atoms with Crippen molar-refractivity contribution in [2.75, 3.05) is 13.7 Å². The minimum Gasteiger partial charge on any atom is -0.392 e. The zero-order valence-corrected chi connectivity index (χ0v) is 9.67. The summed E-state index contributed by atoms with van der Waals surface area (Å²) in [5, 5.41) is 13.3. The number of hydrogen-bond donors (Lipinski definition) is 2. The highest BCUT2D eigenvalue weighted by Gasteiger charge is 2.37. The van der Waals surface area contributed by atoms with Crippen LogP contribution in [0.2, 0.25) is 0 Å². The van der Waals surface area contributed by atoms with Crippen LogP contribution in [-0.4, -0.2) is 36.5 Å². The Morgan fingerprint density at radius 3 is 2.53 bits per heavy atom. The molecule has 0 amide bonds. The van der Waals surface area contributed by atoms with E-state index < -0.39 is 0 Å². The average molecular weight is 213 g/mol. The van der Waals surface area contributed by atoms with Crippen molar-refractivity contribution in [1.29, 1.82) is 0 Å². The summed E-state index contributed by atoms with van der Waals surface area (Å²) >= 11 is 0. The molecule has 2 aliphatic rings. The quantitative estimate of drug-likeness (QED) is 0.742. The van der Waals surface area contributed by atoms with Gasteiger partial charge in [-0.25, -0.2) is 0 Å². The van der Waals surface area contributed by atoms with Gasteiger partial charge in [0.25, 0.3) is 0 Å². The highest BCUT2D eigenvalue weighted by Crippen LogP contribution is 2.34. The Balaban J connectivity index is 1.76. The second kappa shape index (κ2) is 4.81. The standard InChI is InChI=1S/C12H23NO2/c1-15-12(7-4-8-12)9-13-10-5-2-3-6-11(10)14/h10-11,13-14H,2-9H2,1H3/t10-,11-/m1/s1. The Morgan fingerprint density at radius 1 is 1.27 bits per heavy atom. The molecule has 3 heteroatoms. The molecule has 0 aromatic carbocycles. The van der Waals surface area contributed by atoms with Crippen molar-refractivity contribution in [3.05, 3.63) is 0 Å². The number of hydrogen-bond acceptors (Lipinski definition) is 3. The maximum absolute atomic E-state index is 9.83. The summed E-state index contributed by atoms with van der Waals surface area (Å²) in [5.41, 5.74) is 0.0805. The minimum absolute atomic E-state index is 0.0805. The van der Waals surface area contributed by atoms with Gasteiger partial charge in [0.05, 0.1) is 11.7 Å². The largest absolute Gasteiger partial charge is 0.392 e. The van der Waals surface area contributed by atoms with E-state index in [0.29, 0.717) is 6.04 Å². The van der Waals surface area contributed by atoms with Crippen LogP contribution < -0.4 is 5.32 Å². The molecule has 2 aliphatic carbocycles. The van der Waals surface area contributed by atoms with Crippen LogP contribution in [0.15, 0.2) is 0 Å². The Morgan fingerprint density at radius 2 is 2.00 bits per heavy atom. The SMILES string of the molecule is COC1(CN[C@@H]2CCCC[C@H]2O)CCC1. The van der Waals surface area contributed by atoms with Gasteiger partial charge in [-0.1, -0.05) is 12.8 Å². The van der Waals surface area contributed by atoms with Gasteiger partial charge in [0.2, 0.25) is 0 Å². The molecule has 2 atom stereocenters. The first-order valence-electron chi connectivity index (χ1n) is 6.22. The summed E-state index contributed by atoms with van der Waals surface area (Å²) in [7, 11) is 1.80. The summed E-state index contributed by atoms with van der Waals surface area (Å²) < 4.78 is 5.56. The maximum atomic E-state index is 9.83. The lowest BCUT2D eigenvalue weighted by atomic mass is 9.79. The summed E-state index contributed by atoms with van der Waals surface area (Å²) in [6, 6.07) is 0.298. The van der Waals surface area contributed by atoms with Crippen molar-refractivity contribution in [3.8, 4) is 0 Å². The highest BCUT2D eigenvalue weighted by molar-refractivity contribution is 4.93. The number of methoxy groups -OCH3 is 1. The summed E-state index contributed by atoms with van der Waals surface area (Å²) in [5.74, 6) is 0. The first-order chi connectivity index (χ1) is 7.26. The molecule has 0 heterocycles. The van der Waals surface area contributed by atoms with E-state index in [4.69, 9.17) is 4.74 Å². The fourth-order valence-electron chi connectivity index (χ4n) is 2.69. The molecule has 88 valence electrons. The lowest BCUT2D eigenvalue weighted by molar-refractivity contribution is -0.0741. The zero-order chi connectivity index (χ0) is 10.7. The molecule has 15 heavy (non-hydrogen) atoms. The second-order valence-electron chi connectivity index (χ2n) is 5.08. The van der Waals surface area contributed by atoms with Crippen LogP contribution in [0.4, 0.5) is 0 Å². The Hall–Kier alpha value is -0.120. The van der Waals surface area contributed by atoms with Crippen molar-refractivity contribution in [2.45, 2.75) is 62.7 Å². The molecule has 0 aliphatic heterocycles. The number of nitrogens with one attached hydrogen (secondary N) is 1. The van der Waals surface area contributed by atoms with Crippen molar-refractivity contribution in [3.63, 3.8) is 0 Å². The topological polar surface area (TPSA) is 41.5 Å². The third-order valence-corrected chi connectivity index (χ3v) is 4.11. The molecule has 0 spiro atoms. The normalized spacial score (nSPS) is 34.8. The Bertz CT molecular complexity index is 198. The fourth-order valence-corrected chi connectivity index (χ4v) is 2.69. The Labute approximate surface area is 92.2 Å². The van der Waals surface area contributed by atoms with Crippen LogP contribution in [-0.2, 0) is 4.74 Å².